The minimum absolute atomic E-state index is 0.0710. The molecule has 1 aliphatic rings. The molecule has 1 unspecified atom stereocenters. The zero-order valence-corrected chi connectivity index (χ0v) is 33.4. The predicted octanol–water partition coefficient (Wildman–Crippen LogP) is 3.25. The van der Waals surface area contributed by atoms with E-state index in [9.17, 15) is 32.4 Å². The number of urea groups is 1. The summed E-state index contributed by atoms with van der Waals surface area (Å²) >= 11 is 0. The van der Waals surface area contributed by atoms with Gasteiger partial charge in [-0.1, -0.05) is 80.9 Å². The van der Waals surface area contributed by atoms with Gasteiger partial charge >= 0.3 is 6.03 Å². The molecular formula is C37H61N7O7S. The quantitative estimate of drug-likeness (QED) is 0.138. The summed E-state index contributed by atoms with van der Waals surface area (Å²) in [4.78, 5) is 73.2. The molecule has 4 N–H and O–H groups in total. The normalized spacial score (nSPS) is 18.3. The van der Waals surface area contributed by atoms with Gasteiger partial charge in [0.2, 0.25) is 17.6 Å². The summed E-state index contributed by atoms with van der Waals surface area (Å²) in [5.41, 5.74) is -1.39. The minimum atomic E-state index is -3.95. The maximum Gasteiger partial charge on any atom is 0.315 e. The van der Waals surface area contributed by atoms with Crippen molar-refractivity contribution in [3.63, 3.8) is 0 Å². The lowest BCUT2D eigenvalue weighted by molar-refractivity contribution is -0.144. The van der Waals surface area contributed by atoms with Crippen molar-refractivity contribution in [1.29, 1.82) is 0 Å². The summed E-state index contributed by atoms with van der Waals surface area (Å²) in [6.07, 6.45) is 4.79. The lowest BCUT2D eigenvalue weighted by Gasteiger charge is -2.38. The molecule has 2 rings (SSSR count). The molecule has 1 aromatic rings. The number of hydrogen-bond acceptors (Lipinski definition) is 8. The fourth-order valence-electron chi connectivity index (χ4n) is 6.23. The van der Waals surface area contributed by atoms with E-state index in [1.807, 2.05) is 41.5 Å². The molecule has 0 aromatic carbocycles. The van der Waals surface area contributed by atoms with Crippen LogP contribution in [0.5, 0.6) is 0 Å². The number of nitrogens with one attached hydrogen (secondary N) is 4. The van der Waals surface area contributed by atoms with Crippen molar-refractivity contribution in [3.8, 4) is 0 Å². The maximum atomic E-state index is 14.5. The highest BCUT2D eigenvalue weighted by molar-refractivity contribution is 7.89. The summed E-state index contributed by atoms with van der Waals surface area (Å²) in [6.45, 7) is 20.8. The van der Waals surface area contributed by atoms with Crippen molar-refractivity contribution < 1.29 is 32.4 Å². The van der Waals surface area contributed by atoms with Crippen LogP contribution < -0.4 is 21.3 Å². The van der Waals surface area contributed by atoms with Crippen LogP contribution in [0, 0.1) is 22.7 Å². The second-order valence-corrected chi connectivity index (χ2v) is 18.1. The SMILES string of the molecule is C=CCNC(=O)C(=O)C(CCC)NC(=O)[C@@H]1[C@@H](CC(C)C)CCN1C(=O)[C@@H](NC(=O)N[C@H](CN(C)S(=O)(=O)c1ccccn1)C(C)(C)C)C(C)(C)C. The number of aromatic nitrogens is 1. The molecule has 0 aliphatic carbocycles. The highest BCUT2D eigenvalue weighted by atomic mass is 32.2. The van der Waals surface area contributed by atoms with Gasteiger partial charge in [-0.2, -0.15) is 4.31 Å². The van der Waals surface area contributed by atoms with Gasteiger partial charge in [0.15, 0.2) is 5.03 Å². The van der Waals surface area contributed by atoms with Crippen molar-refractivity contribution >= 4 is 39.6 Å². The lowest BCUT2D eigenvalue weighted by atomic mass is 9.84. The van der Waals surface area contributed by atoms with Gasteiger partial charge in [-0.05, 0) is 54.1 Å². The van der Waals surface area contributed by atoms with Gasteiger partial charge in [-0.25, -0.2) is 18.2 Å². The molecule has 2 heterocycles. The van der Waals surface area contributed by atoms with Gasteiger partial charge in [-0.15, -0.1) is 6.58 Å². The van der Waals surface area contributed by atoms with Crippen molar-refractivity contribution in [2.75, 3.05) is 26.7 Å². The molecule has 52 heavy (non-hydrogen) atoms. The molecule has 1 aliphatic heterocycles. The van der Waals surface area contributed by atoms with Crippen LogP contribution in [0.25, 0.3) is 0 Å². The number of amides is 5. The molecule has 5 amide bonds. The number of hydrogen-bond donors (Lipinski definition) is 4. The predicted molar refractivity (Wildman–Crippen MR) is 200 cm³/mol. The van der Waals surface area contributed by atoms with Crippen molar-refractivity contribution in [1.82, 2.24) is 35.5 Å². The second-order valence-electron chi connectivity index (χ2n) is 16.2. The summed E-state index contributed by atoms with van der Waals surface area (Å²) in [5.74, 6) is -2.59. The third-order valence-electron chi connectivity index (χ3n) is 9.18. The number of likely N-dealkylation sites (tertiary alicyclic amines) is 1. The first-order chi connectivity index (χ1) is 24.1. The van der Waals surface area contributed by atoms with E-state index >= 15 is 0 Å². The fourth-order valence-corrected chi connectivity index (χ4v) is 7.34. The molecule has 0 radical (unpaired) electrons. The first kappa shape index (κ1) is 44.3. The van der Waals surface area contributed by atoms with Crippen LogP contribution in [-0.4, -0.2) is 103 Å². The Kier molecular flexibility index (Phi) is 16.0. The van der Waals surface area contributed by atoms with Gasteiger partial charge in [0.05, 0.1) is 6.04 Å². The number of likely N-dealkylation sites (N-methyl/N-ethyl adjacent to an activating group) is 1. The molecule has 1 fully saturated rings. The molecule has 0 spiro atoms. The van der Waals surface area contributed by atoms with E-state index in [1.165, 1.54) is 30.3 Å². The van der Waals surface area contributed by atoms with E-state index in [1.54, 1.807) is 32.9 Å². The first-order valence-corrected chi connectivity index (χ1v) is 19.5. The summed E-state index contributed by atoms with van der Waals surface area (Å²) in [5, 5.41) is 10.9. The van der Waals surface area contributed by atoms with Crippen LogP contribution in [0.1, 0.15) is 88.0 Å². The Balaban J connectivity index is 2.36. The molecule has 15 heteroatoms. The lowest BCUT2D eigenvalue weighted by Crippen LogP contribution is -2.62. The monoisotopic (exact) mass is 747 g/mol. The fraction of sp³-hybridized carbons (Fsp3) is 0.676. The average molecular weight is 748 g/mol. The number of pyridine rings is 1. The first-order valence-electron chi connectivity index (χ1n) is 18.0. The molecule has 0 saturated carbocycles. The van der Waals surface area contributed by atoms with Crippen LogP contribution >= 0.6 is 0 Å². The number of carbonyl (C=O) groups is 5. The standard InChI is InChI=1S/C37H61N7O7S/c1-12-16-26(30(45)33(47)39-19-13-2)40-32(46)29-25(22-24(3)4)18-21-44(29)34(48)31(37(8,9)10)42-35(49)41-27(36(5,6)7)23-43(11)52(50,51)28-17-14-15-20-38-28/h13-15,17,20,24-27,29,31H,2,12,16,18-19,21-23H2,1,3-11H3,(H,39,47)(H,40,46)(H2,41,42,49)/t25-,26?,27-,29+,31-/m1/s1. The second kappa shape index (κ2) is 18.8. The topological polar surface area (TPSA) is 187 Å². The van der Waals surface area contributed by atoms with Crippen LogP contribution in [0.3, 0.4) is 0 Å². The molecule has 5 atom stereocenters. The van der Waals surface area contributed by atoms with E-state index in [-0.39, 0.29) is 42.9 Å². The van der Waals surface area contributed by atoms with Crippen LogP contribution in [0.2, 0.25) is 0 Å². The molecular weight excluding hydrogens is 687 g/mol. The highest BCUT2D eigenvalue weighted by Gasteiger charge is 2.47. The van der Waals surface area contributed by atoms with Gasteiger partial charge in [0.25, 0.3) is 15.9 Å². The zero-order chi connectivity index (χ0) is 39.6. The average Bonchev–Trinajstić information content (AvgIpc) is 3.47. The highest BCUT2D eigenvalue weighted by Crippen LogP contribution is 2.33. The number of rotatable bonds is 17. The Morgan fingerprint density at radius 1 is 1.04 bits per heavy atom. The Bertz CT molecular complexity index is 1520. The number of Topliss-reactive ketones (excluding diaryl/α,β-unsaturated/α-hetero) is 1. The smallest absolute Gasteiger partial charge is 0.315 e. The summed E-state index contributed by atoms with van der Waals surface area (Å²) in [6, 6.07) is 0.174. The van der Waals surface area contributed by atoms with Crippen molar-refractivity contribution in [3.05, 3.63) is 37.1 Å². The minimum Gasteiger partial charge on any atom is -0.346 e. The number of carbonyl (C=O) groups excluding carboxylic acids is 5. The molecule has 0 bridgehead atoms. The third-order valence-corrected chi connectivity index (χ3v) is 10.9. The van der Waals surface area contributed by atoms with Crippen molar-refractivity contribution in [2.24, 2.45) is 22.7 Å². The largest absolute Gasteiger partial charge is 0.346 e. The van der Waals surface area contributed by atoms with Crippen molar-refractivity contribution in [2.45, 2.75) is 117 Å². The Morgan fingerprint density at radius 3 is 2.21 bits per heavy atom. The van der Waals surface area contributed by atoms with E-state index < -0.39 is 74.6 Å². The Morgan fingerprint density at radius 2 is 1.69 bits per heavy atom. The number of sulfonamides is 1. The van der Waals surface area contributed by atoms with E-state index in [0.717, 1.165) is 4.31 Å². The van der Waals surface area contributed by atoms with Gasteiger partial charge in [-0.3, -0.25) is 19.2 Å². The third kappa shape index (κ3) is 12.1. The molecule has 1 aromatic heterocycles. The number of nitrogens with zero attached hydrogens (tertiary/aromatic N) is 3. The molecule has 14 nitrogen and oxygen atoms in total. The van der Waals surface area contributed by atoms with Crippen LogP contribution in [-0.2, 0) is 29.2 Å². The molecule has 292 valence electrons. The van der Waals surface area contributed by atoms with E-state index in [2.05, 4.69) is 32.8 Å². The van der Waals surface area contributed by atoms with Gasteiger partial charge in [0, 0.05) is 38.9 Å². The van der Waals surface area contributed by atoms with E-state index in [4.69, 9.17) is 0 Å². The van der Waals surface area contributed by atoms with E-state index in [0.29, 0.717) is 19.3 Å². The Hall–Kier alpha value is -3.85. The Labute approximate surface area is 310 Å². The van der Waals surface area contributed by atoms with Crippen LogP contribution in [0.15, 0.2) is 42.1 Å². The number of ketones is 1. The van der Waals surface area contributed by atoms with Crippen LogP contribution in [0.4, 0.5) is 4.79 Å². The molecule has 1 saturated heterocycles. The van der Waals surface area contributed by atoms with Gasteiger partial charge < -0.3 is 26.2 Å². The maximum absolute atomic E-state index is 14.5. The zero-order valence-electron chi connectivity index (χ0n) is 32.6. The van der Waals surface area contributed by atoms with Gasteiger partial charge in [0.1, 0.15) is 12.1 Å². The summed E-state index contributed by atoms with van der Waals surface area (Å²) < 4.78 is 27.6. The summed E-state index contributed by atoms with van der Waals surface area (Å²) in [7, 11) is -2.53.